The Hall–Kier alpha value is -1.45. The normalized spacial score (nSPS) is 18.7. The van der Waals surface area contributed by atoms with Crippen LogP contribution >= 0.6 is 0 Å². The van der Waals surface area contributed by atoms with Gasteiger partial charge in [-0.15, -0.1) is 0 Å². The molecule has 0 atom stereocenters. The average Bonchev–Trinajstić information content (AvgIpc) is 2.36. The number of carbonyl (C=O) groups excluding carboxylic acids is 1. The van der Waals surface area contributed by atoms with Gasteiger partial charge < -0.3 is 0 Å². The van der Waals surface area contributed by atoms with E-state index in [-0.39, 0.29) is 32.9 Å². The quantitative estimate of drug-likeness (QED) is 0.787. The monoisotopic (exact) mass is 351 g/mol. The molecule has 112 valence electrons. The number of rotatable bonds is 3. The Morgan fingerprint density at radius 2 is 1.71 bits per heavy atom. The number of hydrogen-bond acceptors (Lipinski definition) is 2. The van der Waals surface area contributed by atoms with Crippen molar-refractivity contribution in [2.45, 2.75) is 46.7 Å². The van der Waals surface area contributed by atoms with E-state index in [0.717, 1.165) is 15.0 Å². The van der Waals surface area contributed by atoms with E-state index < -0.39 is 0 Å². The van der Waals surface area contributed by atoms with Crippen LogP contribution in [-0.2, 0) is 0 Å². The zero-order valence-electron chi connectivity index (χ0n) is 13.1. The third-order valence-corrected chi connectivity index (χ3v) is 4.98. The number of amides is 1. The van der Waals surface area contributed by atoms with Gasteiger partial charge in [-0.3, -0.25) is 0 Å². The van der Waals surface area contributed by atoms with Crippen LogP contribution in [0.15, 0.2) is 34.3 Å². The number of carbonyl (C=O) groups is 1. The molecular weight excluding hydrogens is 329 g/mol. The van der Waals surface area contributed by atoms with E-state index in [1.807, 2.05) is 31.2 Å². The first-order chi connectivity index (χ1) is 9.88. The molecule has 1 aliphatic heterocycles. The van der Waals surface area contributed by atoms with Gasteiger partial charge in [0.05, 0.1) is 0 Å². The second kappa shape index (κ2) is 6.54. The second-order valence-electron chi connectivity index (χ2n) is 5.64. The molecule has 4 nitrogen and oxygen atoms in total. The van der Waals surface area contributed by atoms with E-state index in [0.29, 0.717) is 5.56 Å². The van der Waals surface area contributed by atoms with E-state index in [4.69, 9.17) is 0 Å². The molecular formula is C16H21N3OSe. The molecule has 0 saturated carbocycles. The maximum atomic E-state index is 12.2. The molecule has 1 aromatic rings. The molecule has 1 heterocycles. The molecule has 1 aromatic carbocycles. The SMILES string of the molecule is Cc1ccc(C(=O)N=C2[Se]C(=NC(C)C)N2C(C)C)cc1. The molecule has 1 saturated heterocycles. The third kappa shape index (κ3) is 3.80. The number of aliphatic imine (C=N–C) groups is 2. The van der Waals surface area contributed by atoms with Gasteiger partial charge >= 0.3 is 132 Å². The van der Waals surface area contributed by atoms with Gasteiger partial charge in [-0.05, 0) is 0 Å². The Balaban J connectivity index is 2.18. The van der Waals surface area contributed by atoms with Gasteiger partial charge in [-0.1, -0.05) is 0 Å². The first-order valence-corrected chi connectivity index (χ1v) is 8.84. The van der Waals surface area contributed by atoms with Crippen LogP contribution in [0.5, 0.6) is 0 Å². The van der Waals surface area contributed by atoms with E-state index in [9.17, 15) is 4.79 Å². The van der Waals surface area contributed by atoms with Crippen LogP contribution in [0.25, 0.3) is 0 Å². The Kier molecular flexibility index (Phi) is 4.96. The fourth-order valence-electron chi connectivity index (χ4n) is 1.90. The molecule has 21 heavy (non-hydrogen) atoms. The molecule has 0 unspecified atom stereocenters. The summed E-state index contributed by atoms with van der Waals surface area (Å²) in [6.07, 6.45) is 0. The molecule has 1 amide bonds. The van der Waals surface area contributed by atoms with Crippen LogP contribution < -0.4 is 0 Å². The predicted molar refractivity (Wildman–Crippen MR) is 88.2 cm³/mol. The van der Waals surface area contributed by atoms with Gasteiger partial charge in [0.1, 0.15) is 0 Å². The number of benzene rings is 1. The van der Waals surface area contributed by atoms with Gasteiger partial charge in [-0.2, -0.15) is 0 Å². The summed E-state index contributed by atoms with van der Waals surface area (Å²) < 4.78 is 1.96. The summed E-state index contributed by atoms with van der Waals surface area (Å²) in [5, 5.41) is 0. The Morgan fingerprint density at radius 1 is 1.10 bits per heavy atom. The van der Waals surface area contributed by atoms with Crippen LogP contribution in [0.1, 0.15) is 43.6 Å². The Labute approximate surface area is 132 Å². The minimum atomic E-state index is -0.166. The van der Waals surface area contributed by atoms with Crippen LogP contribution in [0.3, 0.4) is 0 Å². The first-order valence-electron chi connectivity index (χ1n) is 7.13. The van der Waals surface area contributed by atoms with Crippen molar-refractivity contribution in [3.63, 3.8) is 0 Å². The topological polar surface area (TPSA) is 45.0 Å². The van der Waals surface area contributed by atoms with Crippen molar-refractivity contribution in [3.05, 3.63) is 35.4 Å². The van der Waals surface area contributed by atoms with E-state index in [2.05, 4.69) is 42.6 Å². The molecule has 1 fully saturated rings. The number of hydrogen-bond donors (Lipinski definition) is 0. The molecule has 0 spiro atoms. The zero-order chi connectivity index (χ0) is 15.6. The van der Waals surface area contributed by atoms with Crippen molar-refractivity contribution in [3.8, 4) is 0 Å². The summed E-state index contributed by atoms with van der Waals surface area (Å²) in [4.78, 5) is 23.2. The molecule has 5 heteroatoms. The van der Waals surface area contributed by atoms with Crippen LogP contribution in [0.4, 0.5) is 0 Å². The zero-order valence-corrected chi connectivity index (χ0v) is 14.8. The predicted octanol–water partition coefficient (Wildman–Crippen LogP) is 2.68. The summed E-state index contributed by atoms with van der Waals surface area (Å²) in [5.74, 6) is -0.166. The van der Waals surface area contributed by atoms with Gasteiger partial charge in [0.15, 0.2) is 0 Å². The van der Waals surface area contributed by atoms with Gasteiger partial charge in [-0.25, -0.2) is 0 Å². The first kappa shape index (κ1) is 15.9. The molecule has 0 aromatic heterocycles. The van der Waals surface area contributed by atoms with Crippen LogP contribution in [-0.4, -0.2) is 47.3 Å². The molecule has 2 rings (SSSR count). The number of amidine groups is 2. The van der Waals surface area contributed by atoms with Gasteiger partial charge in [0.2, 0.25) is 0 Å². The van der Waals surface area contributed by atoms with Crippen molar-refractivity contribution < 1.29 is 4.79 Å². The van der Waals surface area contributed by atoms with Gasteiger partial charge in [0, 0.05) is 0 Å². The molecule has 0 N–H and O–H groups in total. The third-order valence-electron chi connectivity index (χ3n) is 2.98. The summed E-state index contributed by atoms with van der Waals surface area (Å²) in [6, 6.07) is 8.09. The van der Waals surface area contributed by atoms with Gasteiger partial charge in [0.25, 0.3) is 0 Å². The van der Waals surface area contributed by atoms with E-state index in [1.54, 1.807) is 0 Å². The van der Waals surface area contributed by atoms with Crippen LogP contribution in [0, 0.1) is 6.92 Å². The molecule has 0 bridgehead atoms. The number of aryl methyl sites for hydroxylation is 1. The number of nitrogens with zero attached hydrogens (tertiary/aromatic N) is 3. The standard InChI is InChI=1S/C16H21N3OSe/c1-10(2)17-15-19(11(3)4)16(21-15)18-14(20)13-8-6-12(5)7-9-13/h6-11H,1-5H3. The fourth-order valence-corrected chi connectivity index (χ4v) is 4.45. The summed E-state index contributed by atoms with van der Waals surface area (Å²) in [5.41, 5.74) is 1.78. The second-order valence-corrected chi connectivity index (χ2v) is 7.60. The average molecular weight is 350 g/mol. The van der Waals surface area contributed by atoms with Crippen molar-refractivity contribution in [2.24, 2.45) is 9.98 Å². The van der Waals surface area contributed by atoms with Crippen molar-refractivity contribution in [1.82, 2.24) is 4.90 Å². The summed E-state index contributed by atoms with van der Waals surface area (Å²) in [7, 11) is 0. The van der Waals surface area contributed by atoms with Crippen LogP contribution in [0.2, 0.25) is 0 Å². The van der Waals surface area contributed by atoms with Crippen molar-refractivity contribution in [2.75, 3.05) is 0 Å². The summed E-state index contributed by atoms with van der Waals surface area (Å²) >= 11 is 0.0783. The Bertz CT molecular complexity index is 588. The maximum absolute atomic E-state index is 12.2. The van der Waals surface area contributed by atoms with Crippen molar-refractivity contribution in [1.29, 1.82) is 0 Å². The minimum absolute atomic E-state index is 0.0783. The van der Waals surface area contributed by atoms with E-state index >= 15 is 0 Å². The van der Waals surface area contributed by atoms with E-state index in [1.165, 1.54) is 0 Å². The fraction of sp³-hybridized carbons (Fsp3) is 0.438. The summed E-state index contributed by atoms with van der Waals surface area (Å²) in [6.45, 7) is 10.3. The molecule has 1 aliphatic rings. The molecule has 0 radical (unpaired) electrons. The van der Waals surface area contributed by atoms with Crippen molar-refractivity contribution >= 4 is 30.3 Å². The Morgan fingerprint density at radius 3 is 2.24 bits per heavy atom. The molecule has 0 aliphatic carbocycles.